The Kier molecular flexibility index (Phi) is 7.75. The Morgan fingerprint density at radius 1 is 1.00 bits per heavy atom. The van der Waals surface area contributed by atoms with Crippen molar-refractivity contribution in [3.8, 4) is 0 Å². The van der Waals surface area contributed by atoms with Crippen LogP contribution >= 0.6 is 15.9 Å². The number of halogens is 1. The fourth-order valence-corrected chi connectivity index (χ4v) is 6.03. The molecule has 0 saturated carbocycles. The van der Waals surface area contributed by atoms with Crippen molar-refractivity contribution in [2.45, 2.75) is 45.1 Å². The first-order valence-corrected chi connectivity index (χ1v) is 14.1. The molecular weight excluding hydrogens is 528 g/mol. The molecule has 2 aromatic carbocycles. The topological polar surface area (TPSA) is 49.7 Å². The number of amides is 1. The average molecular weight is 566 g/mol. The van der Waals surface area contributed by atoms with E-state index in [1.165, 1.54) is 5.57 Å². The summed E-state index contributed by atoms with van der Waals surface area (Å²) in [4.78, 5) is 23.6. The number of hydrogen-bond acceptors (Lipinski definition) is 4. The van der Waals surface area contributed by atoms with Gasteiger partial charge in [0.2, 0.25) is 0 Å². The normalized spacial score (nSPS) is 18.3. The van der Waals surface area contributed by atoms with Crippen molar-refractivity contribution in [3.63, 3.8) is 0 Å². The molecule has 0 unspecified atom stereocenters. The summed E-state index contributed by atoms with van der Waals surface area (Å²) in [5.74, 6) is 0.151. The Hall–Kier alpha value is -2.61. The van der Waals surface area contributed by atoms with Gasteiger partial charge in [-0.15, -0.1) is 0 Å². The summed E-state index contributed by atoms with van der Waals surface area (Å²) in [6, 6.07) is 16.5. The van der Waals surface area contributed by atoms with Gasteiger partial charge in [0.05, 0.1) is 12.3 Å². The molecule has 7 heteroatoms. The van der Waals surface area contributed by atoms with E-state index in [0.717, 1.165) is 84.1 Å². The van der Waals surface area contributed by atoms with E-state index in [2.05, 4.69) is 74.2 Å². The van der Waals surface area contributed by atoms with Crippen molar-refractivity contribution in [3.05, 3.63) is 75.9 Å². The number of benzene rings is 2. The molecule has 1 amide bonds. The second kappa shape index (κ2) is 11.0. The van der Waals surface area contributed by atoms with Crippen molar-refractivity contribution < 1.29 is 9.63 Å². The van der Waals surface area contributed by atoms with Crippen LogP contribution in [0.5, 0.6) is 0 Å². The van der Waals surface area contributed by atoms with Gasteiger partial charge < -0.3 is 9.47 Å². The van der Waals surface area contributed by atoms with E-state index in [9.17, 15) is 4.79 Å². The minimum Gasteiger partial charge on any atom is -0.351 e. The highest BCUT2D eigenvalue weighted by atomic mass is 79.9. The third-order valence-electron chi connectivity index (χ3n) is 8.20. The molecule has 3 heterocycles. The lowest BCUT2D eigenvalue weighted by atomic mass is 9.85. The van der Waals surface area contributed by atoms with Crippen LogP contribution in [0.3, 0.4) is 0 Å². The fourth-order valence-electron chi connectivity index (χ4n) is 5.77. The van der Waals surface area contributed by atoms with Crippen LogP contribution in [0.2, 0.25) is 0 Å². The van der Waals surface area contributed by atoms with Crippen LogP contribution in [0.4, 0.5) is 0 Å². The van der Waals surface area contributed by atoms with Gasteiger partial charge in [0, 0.05) is 65.9 Å². The minimum atomic E-state index is 0.122. The van der Waals surface area contributed by atoms with E-state index in [1.807, 2.05) is 37.2 Å². The summed E-state index contributed by atoms with van der Waals surface area (Å²) < 4.78 is 3.16. The standard InChI is InChI=1S/C30H37BrN4O2/c1-4-37-32-28(22-5-8-26(31)9-6-22)23-12-17-35(18-13-23)30(2)14-19-34(20-15-30)29(36)25-7-10-27-24(21-25)11-16-33(27)3/h5-11,16,21,32H,4,12-15,17-20H2,1-3H3. The van der Waals surface area contributed by atoms with Gasteiger partial charge in [-0.1, -0.05) is 28.1 Å². The molecule has 0 spiro atoms. The summed E-state index contributed by atoms with van der Waals surface area (Å²) in [6.07, 6.45) is 6.07. The van der Waals surface area contributed by atoms with E-state index in [0.29, 0.717) is 6.61 Å². The highest BCUT2D eigenvalue weighted by Gasteiger charge is 2.38. The van der Waals surface area contributed by atoms with Crippen molar-refractivity contribution in [1.82, 2.24) is 19.8 Å². The Bertz CT molecular complexity index is 1280. The number of fused-ring (bicyclic) bond motifs is 1. The maximum absolute atomic E-state index is 13.3. The number of piperidine rings is 2. The first kappa shape index (κ1) is 26.0. The van der Waals surface area contributed by atoms with Crippen molar-refractivity contribution in [1.29, 1.82) is 0 Å². The zero-order valence-corrected chi connectivity index (χ0v) is 23.7. The predicted octanol–water partition coefficient (Wildman–Crippen LogP) is 5.98. The molecule has 2 fully saturated rings. The van der Waals surface area contributed by atoms with Crippen LogP contribution in [0.1, 0.15) is 55.5 Å². The van der Waals surface area contributed by atoms with Crippen LogP contribution in [-0.4, -0.2) is 58.6 Å². The average Bonchev–Trinajstić information content (AvgIpc) is 3.30. The van der Waals surface area contributed by atoms with Crippen LogP contribution in [0.25, 0.3) is 16.6 Å². The second-order valence-electron chi connectivity index (χ2n) is 10.5. The summed E-state index contributed by atoms with van der Waals surface area (Å²) in [7, 11) is 2.03. The smallest absolute Gasteiger partial charge is 0.253 e. The molecule has 1 aromatic heterocycles. The summed E-state index contributed by atoms with van der Waals surface area (Å²) in [5, 5.41) is 1.12. The van der Waals surface area contributed by atoms with Crippen LogP contribution in [-0.2, 0) is 11.9 Å². The van der Waals surface area contributed by atoms with E-state index in [1.54, 1.807) is 0 Å². The molecule has 0 aliphatic carbocycles. The van der Waals surface area contributed by atoms with Gasteiger partial charge in [-0.2, -0.15) is 0 Å². The van der Waals surface area contributed by atoms with Crippen LogP contribution in [0, 0.1) is 0 Å². The van der Waals surface area contributed by atoms with E-state index < -0.39 is 0 Å². The molecule has 196 valence electrons. The lowest BCUT2D eigenvalue weighted by molar-refractivity contribution is 0.0256. The number of aromatic nitrogens is 1. The summed E-state index contributed by atoms with van der Waals surface area (Å²) >= 11 is 3.54. The lowest BCUT2D eigenvalue weighted by Crippen LogP contribution is -2.56. The zero-order valence-electron chi connectivity index (χ0n) is 22.1. The highest BCUT2D eigenvalue weighted by molar-refractivity contribution is 9.10. The lowest BCUT2D eigenvalue weighted by Gasteiger charge is -2.48. The monoisotopic (exact) mass is 564 g/mol. The highest BCUT2D eigenvalue weighted by Crippen LogP contribution is 2.35. The molecule has 0 bridgehead atoms. The molecule has 1 N–H and O–H groups in total. The first-order valence-electron chi connectivity index (χ1n) is 13.3. The second-order valence-corrected chi connectivity index (χ2v) is 11.4. The maximum Gasteiger partial charge on any atom is 0.253 e. The number of hydroxylamine groups is 1. The van der Waals surface area contributed by atoms with Gasteiger partial charge in [0.15, 0.2) is 0 Å². The molecule has 0 radical (unpaired) electrons. The van der Waals surface area contributed by atoms with E-state index in [-0.39, 0.29) is 11.4 Å². The number of nitrogens with zero attached hydrogens (tertiary/aromatic N) is 3. The molecular formula is C30H37BrN4O2. The Morgan fingerprint density at radius 2 is 1.68 bits per heavy atom. The predicted molar refractivity (Wildman–Crippen MR) is 153 cm³/mol. The number of likely N-dealkylation sites (tertiary alicyclic amines) is 2. The third-order valence-corrected chi connectivity index (χ3v) is 8.72. The molecule has 2 saturated heterocycles. The number of carbonyl (C=O) groups is 1. The summed E-state index contributed by atoms with van der Waals surface area (Å²) in [5.41, 5.74) is 8.97. The number of aryl methyl sites for hydroxylation is 1. The first-order chi connectivity index (χ1) is 17.9. The van der Waals surface area contributed by atoms with Gasteiger partial charge in [-0.05, 0) is 87.1 Å². The van der Waals surface area contributed by atoms with Crippen LogP contribution in [0.15, 0.2) is 64.8 Å². The minimum absolute atomic E-state index is 0.122. The van der Waals surface area contributed by atoms with Gasteiger partial charge in [-0.3, -0.25) is 20.0 Å². The Balaban J connectivity index is 1.22. The molecule has 6 nitrogen and oxygen atoms in total. The molecule has 5 rings (SSSR count). The zero-order chi connectivity index (χ0) is 26.0. The van der Waals surface area contributed by atoms with Gasteiger partial charge >= 0.3 is 0 Å². The Labute approximate surface area is 228 Å². The number of hydrogen-bond donors (Lipinski definition) is 1. The molecule has 0 atom stereocenters. The number of carbonyl (C=O) groups excluding carboxylic acids is 1. The number of nitrogens with one attached hydrogen (secondary N) is 1. The van der Waals surface area contributed by atoms with Gasteiger partial charge in [-0.25, -0.2) is 0 Å². The fraction of sp³-hybridized carbons (Fsp3) is 0.433. The molecule has 2 aliphatic rings. The SMILES string of the molecule is CCONC(=C1CCN(C2(C)CCN(C(=O)c3ccc4c(ccn4C)c3)CC2)CC1)c1ccc(Br)cc1. The third kappa shape index (κ3) is 5.49. The van der Waals surface area contributed by atoms with Crippen molar-refractivity contribution in [2.75, 3.05) is 32.8 Å². The molecule has 2 aliphatic heterocycles. The van der Waals surface area contributed by atoms with Gasteiger partial charge in [0.1, 0.15) is 0 Å². The summed E-state index contributed by atoms with van der Waals surface area (Å²) in [6.45, 7) is 8.66. The number of rotatable bonds is 6. The van der Waals surface area contributed by atoms with Gasteiger partial charge in [0.25, 0.3) is 5.91 Å². The van der Waals surface area contributed by atoms with Crippen molar-refractivity contribution >= 4 is 38.4 Å². The van der Waals surface area contributed by atoms with Crippen LogP contribution < -0.4 is 5.48 Å². The largest absolute Gasteiger partial charge is 0.351 e. The Morgan fingerprint density at radius 3 is 2.35 bits per heavy atom. The quantitative estimate of drug-likeness (QED) is 0.374. The van der Waals surface area contributed by atoms with E-state index >= 15 is 0 Å². The molecule has 37 heavy (non-hydrogen) atoms. The van der Waals surface area contributed by atoms with E-state index in [4.69, 9.17) is 4.84 Å². The molecule has 3 aromatic rings. The maximum atomic E-state index is 13.3. The van der Waals surface area contributed by atoms with Crippen molar-refractivity contribution in [2.24, 2.45) is 7.05 Å².